The molecule has 0 heterocycles. The fourth-order valence-electron chi connectivity index (χ4n) is 1.12. The van der Waals surface area contributed by atoms with E-state index in [0.717, 1.165) is 6.54 Å². The lowest BCUT2D eigenvalue weighted by molar-refractivity contribution is 0.0783. The van der Waals surface area contributed by atoms with Crippen molar-refractivity contribution in [3.05, 3.63) is 0 Å². The van der Waals surface area contributed by atoms with Gasteiger partial charge in [0.15, 0.2) is 0 Å². The molecule has 0 atom stereocenters. The molecule has 0 rings (SSSR count). The van der Waals surface area contributed by atoms with Crippen molar-refractivity contribution in [2.75, 3.05) is 26.4 Å². The van der Waals surface area contributed by atoms with E-state index in [1.54, 1.807) is 0 Å². The Morgan fingerprint density at radius 1 is 0.875 bits per heavy atom. The van der Waals surface area contributed by atoms with Crippen molar-refractivity contribution in [3.63, 3.8) is 0 Å². The molecule has 0 aliphatic carbocycles. The van der Waals surface area contributed by atoms with E-state index in [2.05, 4.69) is 6.92 Å². The van der Waals surface area contributed by atoms with E-state index < -0.39 is 8.80 Å². The van der Waals surface area contributed by atoms with Gasteiger partial charge in [-0.3, -0.25) is 0 Å². The van der Waals surface area contributed by atoms with Crippen LogP contribution in [0.4, 0.5) is 0 Å². The van der Waals surface area contributed by atoms with Gasteiger partial charge in [-0.15, -0.1) is 0 Å². The highest BCUT2D eigenvalue weighted by atomic mass is 28.4. The Morgan fingerprint density at radius 3 is 1.38 bits per heavy atom. The fraction of sp³-hybridized carbons (Fsp3) is 1.00. The van der Waals surface area contributed by atoms with Gasteiger partial charge in [-0.05, 0) is 33.7 Å². The third kappa shape index (κ3) is 12.1. The maximum absolute atomic E-state index is 5.40. The van der Waals surface area contributed by atoms with Gasteiger partial charge in [0, 0.05) is 26.4 Å². The molecular weight excluding hydrogens is 222 g/mol. The van der Waals surface area contributed by atoms with Crippen LogP contribution < -0.4 is 5.73 Å². The topological polar surface area (TPSA) is 53.7 Å². The number of unbranched alkanes of at least 4 members (excludes halogenated alkanes) is 1. The third-order valence-electron chi connectivity index (χ3n) is 1.78. The highest BCUT2D eigenvalue weighted by Crippen LogP contribution is 2.08. The Labute approximate surface area is 102 Å². The monoisotopic (exact) mass is 251 g/mol. The molecule has 0 spiro atoms. The van der Waals surface area contributed by atoms with E-state index in [4.69, 9.17) is 19.0 Å². The largest absolute Gasteiger partial charge is 0.497 e. The molecule has 4 nitrogen and oxygen atoms in total. The standard InChI is InChI=1S/C7H18O3Si.C4H11N/c1-5-8-11(4,9-6-2)10-7-3;1-2-3-4-5/h5-7H2,1-4H3;2-5H2,1H3. The summed E-state index contributed by atoms with van der Waals surface area (Å²) in [4.78, 5) is 0. The smallest absolute Gasteiger partial charge is 0.374 e. The Bertz CT molecular complexity index is 117. The van der Waals surface area contributed by atoms with Crippen LogP contribution in [-0.2, 0) is 13.3 Å². The van der Waals surface area contributed by atoms with Gasteiger partial charge < -0.3 is 19.0 Å². The maximum Gasteiger partial charge on any atom is 0.497 e. The van der Waals surface area contributed by atoms with Crippen LogP contribution in [0, 0.1) is 0 Å². The number of hydrogen-bond acceptors (Lipinski definition) is 4. The zero-order chi connectivity index (χ0) is 12.9. The summed E-state index contributed by atoms with van der Waals surface area (Å²) in [5.41, 5.74) is 5.14. The Balaban J connectivity index is 0. The van der Waals surface area contributed by atoms with Crippen LogP contribution in [0.3, 0.4) is 0 Å². The molecule has 0 fully saturated rings. The van der Waals surface area contributed by atoms with Crippen molar-refractivity contribution in [1.29, 1.82) is 0 Å². The van der Waals surface area contributed by atoms with Crippen molar-refractivity contribution in [2.24, 2.45) is 5.73 Å². The third-order valence-corrected chi connectivity index (χ3v) is 4.22. The quantitative estimate of drug-likeness (QED) is 0.673. The molecule has 0 radical (unpaired) electrons. The van der Waals surface area contributed by atoms with Crippen LogP contribution in [0.25, 0.3) is 0 Å². The Morgan fingerprint density at radius 2 is 1.25 bits per heavy atom. The molecule has 16 heavy (non-hydrogen) atoms. The van der Waals surface area contributed by atoms with Crippen molar-refractivity contribution in [2.45, 2.75) is 47.1 Å². The Kier molecular flexibility index (Phi) is 15.1. The molecule has 0 aliphatic heterocycles. The van der Waals surface area contributed by atoms with Crippen LogP contribution in [-0.4, -0.2) is 35.2 Å². The van der Waals surface area contributed by atoms with Gasteiger partial charge in [0.1, 0.15) is 0 Å². The predicted molar refractivity (Wildman–Crippen MR) is 70.5 cm³/mol. The lowest BCUT2D eigenvalue weighted by Gasteiger charge is -2.23. The summed E-state index contributed by atoms with van der Waals surface area (Å²) < 4.78 is 16.2. The van der Waals surface area contributed by atoms with Crippen LogP contribution >= 0.6 is 0 Å². The van der Waals surface area contributed by atoms with Crippen molar-refractivity contribution >= 4 is 8.80 Å². The molecule has 0 unspecified atom stereocenters. The van der Waals surface area contributed by atoms with Gasteiger partial charge in [-0.2, -0.15) is 0 Å². The molecule has 100 valence electrons. The summed E-state index contributed by atoms with van der Waals surface area (Å²) in [7, 11) is -2.25. The molecule has 0 bridgehead atoms. The summed E-state index contributed by atoms with van der Waals surface area (Å²) in [5.74, 6) is 0. The molecule has 5 heteroatoms. The first-order chi connectivity index (χ1) is 7.60. The fourth-order valence-corrected chi connectivity index (χ4v) is 2.94. The van der Waals surface area contributed by atoms with Crippen molar-refractivity contribution in [3.8, 4) is 0 Å². The minimum absolute atomic E-state index is 0.655. The second-order valence-electron chi connectivity index (χ2n) is 3.30. The van der Waals surface area contributed by atoms with Gasteiger partial charge in [0.25, 0.3) is 0 Å². The molecule has 0 aliphatic rings. The van der Waals surface area contributed by atoms with Crippen molar-refractivity contribution in [1.82, 2.24) is 0 Å². The molecule has 0 saturated carbocycles. The minimum atomic E-state index is -2.25. The molecular formula is C11H29NO3Si. The highest BCUT2D eigenvalue weighted by Gasteiger charge is 2.32. The highest BCUT2D eigenvalue weighted by molar-refractivity contribution is 6.59. The van der Waals surface area contributed by atoms with Gasteiger partial charge in [0.2, 0.25) is 0 Å². The zero-order valence-corrected chi connectivity index (χ0v) is 12.5. The lowest BCUT2D eigenvalue weighted by Crippen LogP contribution is -2.42. The average molecular weight is 251 g/mol. The molecule has 0 aromatic carbocycles. The second-order valence-corrected chi connectivity index (χ2v) is 5.89. The molecule has 0 amide bonds. The lowest BCUT2D eigenvalue weighted by atomic mass is 10.3. The van der Waals surface area contributed by atoms with Crippen LogP contribution in [0.2, 0.25) is 6.55 Å². The number of rotatable bonds is 8. The van der Waals surface area contributed by atoms with Gasteiger partial charge in [-0.25, -0.2) is 0 Å². The molecule has 0 aromatic rings. The van der Waals surface area contributed by atoms with E-state index in [1.165, 1.54) is 12.8 Å². The average Bonchev–Trinajstić information content (AvgIpc) is 2.20. The normalized spacial score (nSPS) is 10.9. The molecule has 0 aromatic heterocycles. The number of nitrogens with two attached hydrogens (primary N) is 1. The van der Waals surface area contributed by atoms with E-state index in [1.807, 2.05) is 27.3 Å². The van der Waals surface area contributed by atoms with Crippen LogP contribution in [0.15, 0.2) is 0 Å². The summed E-state index contributed by atoms with van der Waals surface area (Å²) in [5, 5.41) is 0. The first kappa shape index (κ1) is 18.4. The summed E-state index contributed by atoms with van der Waals surface area (Å²) in [6.07, 6.45) is 2.39. The van der Waals surface area contributed by atoms with Crippen LogP contribution in [0.1, 0.15) is 40.5 Å². The molecule has 2 N–H and O–H groups in total. The first-order valence-electron chi connectivity index (χ1n) is 6.22. The number of hydrogen-bond donors (Lipinski definition) is 1. The summed E-state index contributed by atoms with van der Waals surface area (Å²) in [6.45, 7) is 12.7. The molecule has 0 saturated heterocycles. The summed E-state index contributed by atoms with van der Waals surface area (Å²) in [6, 6.07) is 0. The van der Waals surface area contributed by atoms with Gasteiger partial charge in [0.05, 0.1) is 0 Å². The van der Waals surface area contributed by atoms with E-state index in [9.17, 15) is 0 Å². The SMILES string of the molecule is CCCCN.CCO[Si](C)(OCC)OCC. The zero-order valence-electron chi connectivity index (χ0n) is 11.5. The van der Waals surface area contributed by atoms with Gasteiger partial charge in [-0.1, -0.05) is 13.3 Å². The van der Waals surface area contributed by atoms with Gasteiger partial charge >= 0.3 is 8.80 Å². The predicted octanol–water partition coefficient (Wildman–Crippen LogP) is 2.41. The maximum atomic E-state index is 5.40. The second kappa shape index (κ2) is 13.1. The first-order valence-corrected chi connectivity index (χ1v) is 8.44. The van der Waals surface area contributed by atoms with E-state index in [-0.39, 0.29) is 0 Å². The summed E-state index contributed by atoms with van der Waals surface area (Å²) >= 11 is 0. The van der Waals surface area contributed by atoms with Crippen molar-refractivity contribution < 1.29 is 13.3 Å². The Hall–Kier alpha value is 0.0569. The van der Waals surface area contributed by atoms with E-state index in [0.29, 0.717) is 19.8 Å². The minimum Gasteiger partial charge on any atom is -0.374 e. The van der Waals surface area contributed by atoms with E-state index >= 15 is 0 Å². The van der Waals surface area contributed by atoms with Crippen LogP contribution in [0.5, 0.6) is 0 Å².